The van der Waals surface area contributed by atoms with Crippen LogP contribution in [-0.2, 0) is 0 Å². The molecule has 0 saturated carbocycles. The van der Waals surface area contributed by atoms with Gasteiger partial charge in [-0.15, -0.1) is 0 Å². The minimum absolute atomic E-state index is 0.190. The van der Waals surface area contributed by atoms with E-state index in [1.807, 2.05) is 0 Å². The Hall–Kier alpha value is -11.2. The molecule has 1 atom stereocenters. The van der Waals surface area contributed by atoms with Crippen molar-refractivity contribution in [2.45, 2.75) is 25.3 Å². The van der Waals surface area contributed by atoms with Crippen molar-refractivity contribution >= 4 is 56.9 Å². The van der Waals surface area contributed by atoms with Gasteiger partial charge in [0.25, 0.3) is 0 Å². The molecule has 0 saturated heterocycles. The minimum Gasteiger partial charge on any atom is -0.334 e. The zero-order chi connectivity index (χ0) is 58.9. The van der Waals surface area contributed by atoms with Gasteiger partial charge in [-0.2, -0.15) is 0 Å². The molecular formula is C84H66N4. The number of rotatable bonds is 17. The van der Waals surface area contributed by atoms with E-state index in [1.165, 1.54) is 61.3 Å². The lowest BCUT2D eigenvalue weighted by Crippen LogP contribution is -2.29. The molecule has 0 bridgehead atoms. The van der Waals surface area contributed by atoms with Gasteiger partial charge in [0.2, 0.25) is 0 Å². The van der Waals surface area contributed by atoms with Crippen molar-refractivity contribution in [3.05, 3.63) is 364 Å². The summed E-state index contributed by atoms with van der Waals surface area (Å²) < 4.78 is 0. The van der Waals surface area contributed by atoms with E-state index in [4.69, 9.17) is 0 Å². The van der Waals surface area contributed by atoms with Gasteiger partial charge in [0.1, 0.15) is 0 Å². The van der Waals surface area contributed by atoms with E-state index in [-0.39, 0.29) is 6.04 Å². The predicted molar refractivity (Wildman–Crippen MR) is 373 cm³/mol. The topological polar surface area (TPSA) is 13.0 Å². The smallest absolute Gasteiger partial charge is 0.0559 e. The molecule has 0 amide bonds. The van der Waals surface area contributed by atoms with Crippen LogP contribution in [0.3, 0.4) is 0 Å². The Kier molecular flexibility index (Phi) is 15.9. The summed E-state index contributed by atoms with van der Waals surface area (Å²) >= 11 is 0. The van der Waals surface area contributed by atoms with E-state index in [1.54, 1.807) is 0 Å². The van der Waals surface area contributed by atoms with Crippen LogP contribution in [0.5, 0.6) is 0 Å². The van der Waals surface area contributed by atoms with E-state index in [2.05, 4.69) is 378 Å². The van der Waals surface area contributed by atoms with Gasteiger partial charge in [0.05, 0.1) is 6.04 Å². The minimum atomic E-state index is 0.190. The van der Waals surface area contributed by atoms with Crippen LogP contribution < -0.4 is 19.6 Å². The fourth-order valence-corrected chi connectivity index (χ4v) is 12.3. The molecule has 0 aliphatic heterocycles. The summed E-state index contributed by atoms with van der Waals surface area (Å²) in [7, 11) is 0. The predicted octanol–water partition coefficient (Wildman–Crippen LogP) is 23.4. The van der Waals surface area contributed by atoms with E-state index in [0.717, 1.165) is 76.1 Å². The van der Waals surface area contributed by atoms with Gasteiger partial charge >= 0.3 is 0 Å². The lowest BCUT2D eigenvalue weighted by molar-refractivity contribution is 0.785. The van der Waals surface area contributed by atoms with E-state index >= 15 is 0 Å². The quantitative estimate of drug-likeness (QED) is 0.0901. The maximum Gasteiger partial charge on any atom is 0.0559 e. The number of allylic oxidation sites excluding steroid dienone is 5. The van der Waals surface area contributed by atoms with Gasteiger partial charge < -0.3 is 19.6 Å². The second kappa shape index (κ2) is 25.6. The highest BCUT2D eigenvalue weighted by atomic mass is 15.2. The summed E-state index contributed by atoms with van der Waals surface area (Å²) in [5, 5.41) is 0. The van der Waals surface area contributed by atoms with Gasteiger partial charge in [-0.05, 0) is 202 Å². The molecule has 0 spiro atoms. The molecule has 0 fully saturated rings. The Morgan fingerprint density at radius 2 is 0.489 bits per heavy atom. The number of para-hydroxylation sites is 4. The fraction of sp³-hybridized carbons (Fsp3) is 0.0476. The maximum absolute atomic E-state index is 2.47. The van der Waals surface area contributed by atoms with Crippen LogP contribution in [0.4, 0.5) is 56.9 Å². The van der Waals surface area contributed by atoms with Crippen LogP contribution in [0.15, 0.2) is 364 Å². The fourth-order valence-electron chi connectivity index (χ4n) is 12.3. The normalized spacial score (nSPS) is 13.4. The number of hydrogen-bond donors (Lipinski definition) is 0. The van der Waals surface area contributed by atoms with Crippen molar-refractivity contribution in [2.75, 3.05) is 19.6 Å². The first-order valence-corrected chi connectivity index (χ1v) is 30.6. The van der Waals surface area contributed by atoms with Crippen LogP contribution in [0.2, 0.25) is 0 Å². The zero-order valence-electron chi connectivity index (χ0n) is 49.1. The monoisotopic (exact) mass is 1130 g/mol. The van der Waals surface area contributed by atoms with E-state index in [9.17, 15) is 0 Å². The van der Waals surface area contributed by atoms with Gasteiger partial charge in [-0.25, -0.2) is 0 Å². The third kappa shape index (κ3) is 11.9. The highest BCUT2D eigenvalue weighted by Crippen LogP contribution is 2.41. The zero-order valence-corrected chi connectivity index (χ0v) is 49.1. The standard InChI is InChI=1S/C84H66N4/c1-7-19-73(20-8-1)85(74-21-9-2-10-22-74)79-51-39-67(40-52-79)63-31-35-65(36-32-63)69-43-55-81(56-44-69)87(77-27-15-5-16-28-77)83-59-47-71(48-60-83)72-49-61-84(62-50-72)88(78-29-17-6-18-30-78)82-57-45-70(46-58-82)66-37-33-64(34-38-66)68-41-53-80(54-42-68)86(75-23-11-3-12-24-75)76-25-13-4-14-26-76/h1-5,7-17,19-27,29-62,77H,6,18,28H2. The molecule has 2 aliphatic rings. The van der Waals surface area contributed by atoms with Crippen molar-refractivity contribution in [3.8, 4) is 55.6 Å². The first kappa shape index (κ1) is 54.7. The molecular weight excluding hydrogens is 1060 g/mol. The SMILES string of the molecule is C1=CCC(N(c2ccc(-c3ccc(-c4ccc(N(c5ccccc5)c5ccccc5)cc4)cc3)cc2)c2ccc(-c3ccc(N(C4=CCCC=C4)c4ccc(-c5ccc(-c6ccc(N(c7ccccc7)c7ccccc7)cc6)cc5)cc4)cc3)cc2)C=C1. The summed E-state index contributed by atoms with van der Waals surface area (Å²) in [5.74, 6) is 0. The summed E-state index contributed by atoms with van der Waals surface area (Å²) in [5.41, 5.74) is 24.4. The summed E-state index contributed by atoms with van der Waals surface area (Å²) in [6.07, 6.45) is 18.8. The van der Waals surface area contributed by atoms with Crippen LogP contribution >= 0.6 is 0 Å². The molecule has 2 aliphatic carbocycles. The highest BCUT2D eigenvalue weighted by Gasteiger charge is 2.21. The van der Waals surface area contributed by atoms with Crippen molar-refractivity contribution in [1.82, 2.24) is 0 Å². The summed E-state index contributed by atoms with van der Waals surface area (Å²) in [6, 6.07) is 114. The average Bonchev–Trinajstić information content (AvgIpc) is 3.59. The van der Waals surface area contributed by atoms with Gasteiger partial charge in [0, 0.05) is 62.6 Å². The number of anilines is 10. The molecule has 0 heterocycles. The summed E-state index contributed by atoms with van der Waals surface area (Å²) in [6.45, 7) is 0. The number of nitrogens with zero attached hydrogens (tertiary/aromatic N) is 4. The highest BCUT2D eigenvalue weighted by molar-refractivity contribution is 5.83. The van der Waals surface area contributed by atoms with Gasteiger partial charge in [0.15, 0.2) is 0 Å². The molecule has 1 unspecified atom stereocenters. The lowest BCUT2D eigenvalue weighted by atomic mass is 9.99. The molecule has 422 valence electrons. The van der Waals surface area contributed by atoms with Gasteiger partial charge in [-0.3, -0.25) is 0 Å². The summed E-state index contributed by atoms with van der Waals surface area (Å²) in [4.78, 5) is 9.44. The Labute approximate surface area is 518 Å². The lowest BCUT2D eigenvalue weighted by Gasteiger charge is -2.33. The van der Waals surface area contributed by atoms with Crippen molar-refractivity contribution in [1.29, 1.82) is 0 Å². The Balaban J connectivity index is 0.654. The van der Waals surface area contributed by atoms with Crippen molar-refractivity contribution in [2.24, 2.45) is 0 Å². The molecule has 4 nitrogen and oxygen atoms in total. The molecule has 0 N–H and O–H groups in total. The van der Waals surface area contributed by atoms with Crippen LogP contribution in [0, 0.1) is 0 Å². The maximum atomic E-state index is 2.47. The van der Waals surface area contributed by atoms with Crippen molar-refractivity contribution in [3.63, 3.8) is 0 Å². The number of benzene rings is 12. The van der Waals surface area contributed by atoms with Crippen LogP contribution in [0.1, 0.15) is 19.3 Å². The molecule has 12 aromatic carbocycles. The Morgan fingerprint density at radius 3 is 0.750 bits per heavy atom. The second-order valence-electron chi connectivity index (χ2n) is 22.4. The van der Waals surface area contributed by atoms with Crippen LogP contribution in [-0.4, -0.2) is 6.04 Å². The third-order valence-corrected chi connectivity index (χ3v) is 16.8. The Morgan fingerprint density at radius 1 is 0.227 bits per heavy atom. The molecule has 12 aromatic rings. The van der Waals surface area contributed by atoms with Crippen molar-refractivity contribution < 1.29 is 0 Å². The first-order chi connectivity index (χ1) is 43.6. The van der Waals surface area contributed by atoms with Gasteiger partial charge in [-0.1, -0.05) is 231 Å². The van der Waals surface area contributed by atoms with E-state index in [0.29, 0.717) is 0 Å². The second-order valence-corrected chi connectivity index (χ2v) is 22.4. The molecule has 14 rings (SSSR count). The molecule has 0 aromatic heterocycles. The molecule has 4 heteroatoms. The largest absolute Gasteiger partial charge is 0.334 e. The average molecular weight is 1130 g/mol. The first-order valence-electron chi connectivity index (χ1n) is 30.6. The van der Waals surface area contributed by atoms with E-state index < -0.39 is 0 Å². The number of hydrogen-bond acceptors (Lipinski definition) is 4. The molecule has 88 heavy (non-hydrogen) atoms. The van der Waals surface area contributed by atoms with Crippen LogP contribution in [0.25, 0.3) is 55.6 Å². The third-order valence-electron chi connectivity index (χ3n) is 16.8. The Bertz CT molecular complexity index is 4290. The molecule has 0 radical (unpaired) electrons.